The quantitative estimate of drug-likeness (QED) is 0.592. The minimum atomic E-state index is -0.234. The van der Waals surface area contributed by atoms with Gasteiger partial charge in [0.05, 0.1) is 10.6 Å². The summed E-state index contributed by atoms with van der Waals surface area (Å²) in [5, 5.41) is 3.31. The van der Waals surface area contributed by atoms with Crippen LogP contribution in [0.4, 0.5) is 5.69 Å². The van der Waals surface area contributed by atoms with Gasteiger partial charge < -0.3 is 9.88 Å². The van der Waals surface area contributed by atoms with E-state index in [1.165, 1.54) is 18.5 Å². The summed E-state index contributed by atoms with van der Waals surface area (Å²) >= 11 is 9.49. The molecule has 0 bridgehead atoms. The minimum Gasteiger partial charge on any atom is -0.328 e. The number of aromatic nitrogens is 2. The monoisotopic (exact) mass is 429 g/mol. The van der Waals surface area contributed by atoms with Crippen molar-refractivity contribution in [2.45, 2.75) is 25.8 Å². The molecule has 0 spiro atoms. The van der Waals surface area contributed by atoms with Gasteiger partial charge in [-0.3, -0.25) is 4.79 Å². The Bertz CT molecular complexity index is 966. The lowest BCUT2D eigenvalue weighted by molar-refractivity contribution is 0.102. The maximum Gasteiger partial charge on any atom is 0.257 e. The Hall–Kier alpha value is -2.11. The van der Waals surface area contributed by atoms with E-state index in [1.807, 2.05) is 30.5 Å². The summed E-state index contributed by atoms with van der Waals surface area (Å²) in [4.78, 5) is 17.0. The van der Waals surface area contributed by atoms with Gasteiger partial charge >= 0.3 is 0 Å². The van der Waals surface area contributed by atoms with Gasteiger partial charge in [-0.05, 0) is 61.7 Å². The molecule has 3 aromatic rings. The highest BCUT2D eigenvalue weighted by atomic mass is 79.9. The fraction of sp³-hybridized carbons (Fsp3) is 0.200. The summed E-state index contributed by atoms with van der Waals surface area (Å²) in [5.74, 6) is 0.759. The number of nitrogens with zero attached hydrogens (tertiary/aromatic N) is 2. The molecular weight excluding hydrogens is 414 g/mol. The highest BCUT2D eigenvalue weighted by Gasteiger charge is 2.15. The number of halogens is 2. The van der Waals surface area contributed by atoms with Crippen LogP contribution in [0.2, 0.25) is 5.02 Å². The number of benzene rings is 2. The minimum absolute atomic E-state index is 0.234. The Morgan fingerprint density at radius 2 is 1.96 bits per heavy atom. The molecular formula is C20H17BrClN3O. The van der Waals surface area contributed by atoms with Crippen molar-refractivity contribution in [3.05, 3.63) is 69.4 Å². The third-order valence-electron chi connectivity index (χ3n) is 4.58. The largest absolute Gasteiger partial charge is 0.328 e. The molecule has 0 atom stereocenters. The number of hydrogen-bond acceptors (Lipinski definition) is 2. The Morgan fingerprint density at radius 3 is 2.77 bits per heavy atom. The van der Waals surface area contributed by atoms with E-state index in [0.717, 1.165) is 34.5 Å². The third-order valence-corrected chi connectivity index (χ3v) is 5.40. The van der Waals surface area contributed by atoms with Gasteiger partial charge in [-0.2, -0.15) is 0 Å². The van der Waals surface area contributed by atoms with Crippen LogP contribution in [0.3, 0.4) is 0 Å². The zero-order chi connectivity index (χ0) is 18.1. The maximum atomic E-state index is 12.5. The molecule has 0 aliphatic carbocycles. The van der Waals surface area contributed by atoms with Crippen molar-refractivity contribution in [3.63, 3.8) is 0 Å². The predicted octanol–water partition coefficient (Wildman–Crippen LogP) is 5.55. The molecule has 0 unspecified atom stereocenters. The Morgan fingerprint density at radius 1 is 1.15 bits per heavy atom. The van der Waals surface area contributed by atoms with E-state index >= 15 is 0 Å². The van der Waals surface area contributed by atoms with Crippen LogP contribution < -0.4 is 5.32 Å². The van der Waals surface area contributed by atoms with Gasteiger partial charge in [0, 0.05) is 34.2 Å². The number of fused-ring (bicyclic) bond motifs is 1. The predicted molar refractivity (Wildman–Crippen MR) is 108 cm³/mol. The van der Waals surface area contributed by atoms with Crippen LogP contribution in [0.1, 0.15) is 28.9 Å². The molecule has 6 heteroatoms. The summed E-state index contributed by atoms with van der Waals surface area (Å²) in [6, 6.07) is 13.0. The molecule has 26 heavy (non-hydrogen) atoms. The first-order valence-electron chi connectivity index (χ1n) is 8.53. The fourth-order valence-corrected chi connectivity index (χ4v) is 3.80. The third kappa shape index (κ3) is 3.41. The standard InChI is InChI=1S/C20H17BrClN3O/c21-14-6-9-18(22)17(11-14)20(26)24-15-7-4-13(5-8-15)19-23-12-16-3-1-2-10-25(16)19/h4-9,11-12H,1-3,10H2,(H,24,26). The average Bonchev–Trinajstić information content (AvgIpc) is 3.08. The van der Waals surface area contributed by atoms with Gasteiger partial charge in [-0.25, -0.2) is 4.98 Å². The molecule has 4 nitrogen and oxygen atoms in total. The molecule has 0 fully saturated rings. The Labute approximate surface area is 165 Å². The summed E-state index contributed by atoms with van der Waals surface area (Å²) in [6.07, 6.45) is 5.49. The molecule has 2 heterocycles. The van der Waals surface area contributed by atoms with Crippen LogP contribution in [0.5, 0.6) is 0 Å². The molecule has 4 rings (SSSR count). The van der Waals surface area contributed by atoms with Crippen molar-refractivity contribution in [3.8, 4) is 11.4 Å². The zero-order valence-electron chi connectivity index (χ0n) is 14.0. The van der Waals surface area contributed by atoms with Gasteiger partial charge in [0.15, 0.2) is 0 Å². The highest BCUT2D eigenvalue weighted by Crippen LogP contribution is 2.26. The molecule has 1 N–H and O–H groups in total. The van der Waals surface area contributed by atoms with Crippen molar-refractivity contribution in [1.82, 2.24) is 9.55 Å². The van der Waals surface area contributed by atoms with Crippen LogP contribution in [-0.4, -0.2) is 15.5 Å². The van der Waals surface area contributed by atoms with E-state index in [2.05, 4.69) is 30.8 Å². The van der Waals surface area contributed by atoms with Gasteiger partial charge in [0.2, 0.25) is 0 Å². The number of imidazole rings is 1. The number of anilines is 1. The van der Waals surface area contributed by atoms with E-state index in [-0.39, 0.29) is 5.91 Å². The second-order valence-electron chi connectivity index (χ2n) is 6.34. The normalized spacial score (nSPS) is 13.3. The van der Waals surface area contributed by atoms with Gasteiger partial charge in [-0.1, -0.05) is 27.5 Å². The smallest absolute Gasteiger partial charge is 0.257 e. The second kappa shape index (κ2) is 7.25. The summed E-state index contributed by atoms with van der Waals surface area (Å²) in [7, 11) is 0. The molecule has 2 aromatic carbocycles. The first-order chi connectivity index (χ1) is 12.6. The van der Waals surface area contributed by atoms with Crippen molar-refractivity contribution in [2.24, 2.45) is 0 Å². The van der Waals surface area contributed by atoms with Crippen LogP contribution in [0, 0.1) is 0 Å². The SMILES string of the molecule is O=C(Nc1ccc(-c2ncc3n2CCCC3)cc1)c1cc(Br)ccc1Cl. The van der Waals surface area contributed by atoms with Crippen LogP contribution in [0.25, 0.3) is 11.4 Å². The van der Waals surface area contributed by atoms with Crippen LogP contribution in [-0.2, 0) is 13.0 Å². The number of nitrogens with one attached hydrogen (secondary N) is 1. The molecule has 1 aliphatic heterocycles. The first kappa shape index (κ1) is 17.3. The van der Waals surface area contributed by atoms with E-state index < -0.39 is 0 Å². The lowest BCUT2D eigenvalue weighted by Crippen LogP contribution is -2.12. The van der Waals surface area contributed by atoms with Gasteiger partial charge in [0.25, 0.3) is 5.91 Å². The molecule has 0 radical (unpaired) electrons. The molecule has 1 amide bonds. The van der Waals surface area contributed by atoms with E-state index in [9.17, 15) is 4.79 Å². The number of carbonyl (C=O) groups is 1. The van der Waals surface area contributed by atoms with E-state index in [4.69, 9.17) is 11.6 Å². The van der Waals surface area contributed by atoms with Crippen LogP contribution in [0.15, 0.2) is 53.1 Å². The number of aryl methyl sites for hydroxylation is 1. The van der Waals surface area contributed by atoms with Gasteiger partial charge in [-0.15, -0.1) is 0 Å². The van der Waals surface area contributed by atoms with Crippen molar-refractivity contribution in [2.75, 3.05) is 5.32 Å². The zero-order valence-corrected chi connectivity index (χ0v) is 16.3. The van der Waals surface area contributed by atoms with Crippen LogP contribution >= 0.6 is 27.5 Å². The Kier molecular flexibility index (Phi) is 4.83. The lowest BCUT2D eigenvalue weighted by atomic mass is 10.1. The summed E-state index contributed by atoms with van der Waals surface area (Å²) in [5.41, 5.74) is 3.51. The fourth-order valence-electron chi connectivity index (χ4n) is 3.24. The van der Waals surface area contributed by atoms with E-state index in [0.29, 0.717) is 10.6 Å². The molecule has 0 saturated carbocycles. The summed E-state index contributed by atoms with van der Waals surface area (Å²) in [6.45, 7) is 1.02. The lowest BCUT2D eigenvalue weighted by Gasteiger charge is -2.16. The van der Waals surface area contributed by atoms with Crippen molar-refractivity contribution in [1.29, 1.82) is 0 Å². The maximum absolute atomic E-state index is 12.5. The van der Waals surface area contributed by atoms with E-state index in [1.54, 1.807) is 18.2 Å². The molecule has 0 saturated heterocycles. The number of rotatable bonds is 3. The van der Waals surface area contributed by atoms with Crippen molar-refractivity contribution < 1.29 is 4.79 Å². The molecule has 1 aromatic heterocycles. The second-order valence-corrected chi connectivity index (χ2v) is 7.66. The van der Waals surface area contributed by atoms with Gasteiger partial charge in [0.1, 0.15) is 5.82 Å². The summed E-state index contributed by atoms with van der Waals surface area (Å²) < 4.78 is 3.10. The average molecular weight is 431 g/mol. The van der Waals surface area contributed by atoms with Crippen molar-refractivity contribution >= 4 is 39.1 Å². The molecule has 132 valence electrons. The number of amides is 1. The number of carbonyl (C=O) groups excluding carboxylic acids is 1. The number of hydrogen-bond donors (Lipinski definition) is 1. The topological polar surface area (TPSA) is 46.9 Å². The first-order valence-corrected chi connectivity index (χ1v) is 9.70. The highest BCUT2D eigenvalue weighted by molar-refractivity contribution is 9.10. The molecule has 1 aliphatic rings. The Balaban J connectivity index is 1.54.